The maximum Gasteiger partial charge on any atom is 0.163 e. The van der Waals surface area contributed by atoms with Crippen molar-refractivity contribution in [2.45, 2.75) is 51.4 Å². The highest BCUT2D eigenvalue weighted by Gasteiger charge is 2.14. The van der Waals surface area contributed by atoms with Gasteiger partial charge in [0.25, 0.3) is 0 Å². The zero-order chi connectivity index (χ0) is 21.3. The van der Waals surface area contributed by atoms with E-state index in [2.05, 4.69) is 12.1 Å². The lowest BCUT2D eigenvalue weighted by Crippen LogP contribution is -2.02. The Morgan fingerprint density at radius 1 is 0.600 bits per heavy atom. The van der Waals surface area contributed by atoms with Crippen LogP contribution >= 0.6 is 23.2 Å². The Labute approximate surface area is 188 Å². The smallest absolute Gasteiger partial charge is 0.163 e. The van der Waals surface area contributed by atoms with Crippen molar-refractivity contribution in [2.24, 2.45) is 0 Å². The van der Waals surface area contributed by atoms with E-state index in [1.807, 2.05) is 36.4 Å². The van der Waals surface area contributed by atoms with E-state index in [1.165, 1.54) is 0 Å². The molecule has 158 valence electrons. The summed E-state index contributed by atoms with van der Waals surface area (Å²) in [5, 5.41) is 3.91. The van der Waals surface area contributed by atoms with Crippen LogP contribution in [0, 0.1) is 0 Å². The van der Waals surface area contributed by atoms with Gasteiger partial charge in [-0.05, 0) is 59.4 Å². The minimum Gasteiger partial charge on any atom is -0.294 e. The molecule has 0 unspecified atom stereocenters. The average molecular weight is 443 g/mol. The number of ketones is 2. The molecule has 3 rings (SSSR count). The first-order valence-electron chi connectivity index (χ1n) is 10.8. The molecular formula is C26H28Cl2O2. The molecule has 0 atom stereocenters. The molecule has 3 aromatic rings. The van der Waals surface area contributed by atoms with Gasteiger partial charge in [-0.25, -0.2) is 0 Å². The maximum atomic E-state index is 12.8. The van der Waals surface area contributed by atoms with Crippen molar-refractivity contribution >= 4 is 56.3 Å². The number of benzene rings is 3. The number of carbonyl (C=O) groups excluding carboxylic acids is 2. The van der Waals surface area contributed by atoms with Crippen molar-refractivity contribution in [3.05, 3.63) is 59.7 Å². The first-order valence-corrected chi connectivity index (χ1v) is 11.9. The number of rotatable bonds is 12. The van der Waals surface area contributed by atoms with Crippen molar-refractivity contribution in [1.82, 2.24) is 0 Å². The molecule has 0 saturated carbocycles. The lowest BCUT2D eigenvalue weighted by molar-refractivity contribution is 0.0972. The highest BCUT2D eigenvalue weighted by Crippen LogP contribution is 2.29. The number of halogens is 2. The van der Waals surface area contributed by atoms with Gasteiger partial charge >= 0.3 is 0 Å². The van der Waals surface area contributed by atoms with Crippen molar-refractivity contribution < 1.29 is 9.59 Å². The molecule has 30 heavy (non-hydrogen) atoms. The lowest BCUT2D eigenvalue weighted by atomic mass is 9.92. The molecule has 2 nitrogen and oxygen atoms in total. The fraction of sp³-hybridized carbons (Fsp3) is 0.385. The van der Waals surface area contributed by atoms with Gasteiger partial charge in [0.15, 0.2) is 11.6 Å². The molecule has 0 saturated heterocycles. The van der Waals surface area contributed by atoms with Crippen LogP contribution in [0.5, 0.6) is 0 Å². The van der Waals surface area contributed by atoms with E-state index in [1.54, 1.807) is 0 Å². The van der Waals surface area contributed by atoms with Gasteiger partial charge in [0.05, 0.1) is 0 Å². The summed E-state index contributed by atoms with van der Waals surface area (Å²) < 4.78 is 0. The Balaban J connectivity index is 1.89. The fourth-order valence-corrected chi connectivity index (χ4v) is 4.30. The normalized spacial score (nSPS) is 11.3. The molecule has 0 heterocycles. The Morgan fingerprint density at radius 3 is 1.43 bits per heavy atom. The summed E-state index contributed by atoms with van der Waals surface area (Å²) in [4.78, 5) is 25.6. The molecule has 0 radical (unpaired) electrons. The standard InChI is InChI=1S/C26H28Cl2O2/c27-15-5-1-3-13-25(29)21-11-7-9-19-18-24-20(17-23(19)21)10-8-12-22(24)26(30)14-4-2-6-16-28/h7-12,17-18H,1-6,13-16H2. The molecule has 0 N–H and O–H groups in total. The van der Waals surface area contributed by atoms with Gasteiger partial charge in [0.2, 0.25) is 0 Å². The van der Waals surface area contributed by atoms with E-state index < -0.39 is 0 Å². The third kappa shape index (κ3) is 5.62. The number of carbonyl (C=O) groups is 2. The van der Waals surface area contributed by atoms with E-state index >= 15 is 0 Å². The summed E-state index contributed by atoms with van der Waals surface area (Å²) in [5.74, 6) is 1.62. The monoisotopic (exact) mass is 442 g/mol. The molecule has 0 spiro atoms. The quantitative estimate of drug-likeness (QED) is 0.123. The fourth-order valence-electron chi connectivity index (χ4n) is 3.92. The summed E-state index contributed by atoms with van der Waals surface area (Å²) in [6, 6.07) is 15.8. The summed E-state index contributed by atoms with van der Waals surface area (Å²) in [6.07, 6.45) is 6.62. The summed E-state index contributed by atoms with van der Waals surface area (Å²) >= 11 is 11.5. The van der Waals surface area contributed by atoms with Gasteiger partial charge in [0.1, 0.15) is 0 Å². The largest absolute Gasteiger partial charge is 0.294 e. The van der Waals surface area contributed by atoms with Crippen LogP contribution in [0.25, 0.3) is 21.5 Å². The lowest BCUT2D eigenvalue weighted by Gasteiger charge is -2.11. The van der Waals surface area contributed by atoms with Crippen LogP contribution < -0.4 is 0 Å². The predicted molar refractivity (Wildman–Crippen MR) is 128 cm³/mol. The second-order valence-corrected chi connectivity index (χ2v) is 8.51. The molecule has 0 fully saturated rings. The Kier molecular flexibility index (Phi) is 8.72. The molecule has 0 aliphatic heterocycles. The number of fused-ring (bicyclic) bond motifs is 2. The molecule has 3 aromatic carbocycles. The second-order valence-electron chi connectivity index (χ2n) is 7.75. The SMILES string of the molecule is O=C(CCCCCCl)c1cccc2cc3c(C(=O)CCCCCCl)cccc3cc12. The molecular weight excluding hydrogens is 415 g/mol. The van der Waals surface area contributed by atoms with Crippen LogP contribution in [-0.4, -0.2) is 23.3 Å². The minimum absolute atomic E-state index is 0.168. The summed E-state index contributed by atoms with van der Waals surface area (Å²) in [5.41, 5.74) is 1.52. The van der Waals surface area contributed by atoms with E-state index in [9.17, 15) is 9.59 Å². The van der Waals surface area contributed by atoms with Crippen LogP contribution in [0.15, 0.2) is 48.5 Å². The highest BCUT2D eigenvalue weighted by atomic mass is 35.5. The number of Topliss-reactive ketones (excluding diaryl/α,β-unsaturated/α-hetero) is 2. The van der Waals surface area contributed by atoms with Crippen LogP contribution in [0.1, 0.15) is 72.1 Å². The maximum absolute atomic E-state index is 12.8. The minimum atomic E-state index is 0.168. The van der Waals surface area contributed by atoms with Gasteiger partial charge in [0, 0.05) is 35.7 Å². The van der Waals surface area contributed by atoms with Gasteiger partial charge in [-0.3, -0.25) is 9.59 Å². The zero-order valence-electron chi connectivity index (χ0n) is 17.3. The molecule has 0 bridgehead atoms. The average Bonchev–Trinajstić information content (AvgIpc) is 2.77. The van der Waals surface area contributed by atoms with Gasteiger partial charge in [-0.15, -0.1) is 23.2 Å². The van der Waals surface area contributed by atoms with Crippen molar-refractivity contribution in [3.63, 3.8) is 0 Å². The molecule has 0 aromatic heterocycles. The predicted octanol–water partition coefficient (Wildman–Crippen LogP) is 7.96. The van der Waals surface area contributed by atoms with E-state index in [4.69, 9.17) is 23.2 Å². The van der Waals surface area contributed by atoms with E-state index in [0.29, 0.717) is 24.6 Å². The summed E-state index contributed by atoms with van der Waals surface area (Å²) in [6.45, 7) is 0. The molecule has 0 aliphatic rings. The van der Waals surface area contributed by atoms with Gasteiger partial charge < -0.3 is 0 Å². The van der Waals surface area contributed by atoms with Crippen molar-refractivity contribution in [1.29, 1.82) is 0 Å². The first-order chi connectivity index (χ1) is 14.7. The third-order valence-corrected chi connectivity index (χ3v) is 6.09. The number of hydrogen-bond donors (Lipinski definition) is 0. The van der Waals surface area contributed by atoms with Crippen LogP contribution in [0.4, 0.5) is 0 Å². The number of unbranched alkanes of at least 4 members (excludes halogenated alkanes) is 4. The first kappa shape index (κ1) is 22.8. The topological polar surface area (TPSA) is 34.1 Å². The molecule has 4 heteroatoms. The number of alkyl halides is 2. The third-order valence-electron chi connectivity index (χ3n) is 5.56. The van der Waals surface area contributed by atoms with Crippen molar-refractivity contribution in [3.8, 4) is 0 Å². The van der Waals surface area contributed by atoms with E-state index in [-0.39, 0.29) is 11.6 Å². The molecule has 0 amide bonds. The van der Waals surface area contributed by atoms with Crippen LogP contribution in [0.3, 0.4) is 0 Å². The van der Waals surface area contributed by atoms with Crippen LogP contribution in [0.2, 0.25) is 0 Å². The van der Waals surface area contributed by atoms with E-state index in [0.717, 1.165) is 71.2 Å². The van der Waals surface area contributed by atoms with Gasteiger partial charge in [-0.2, -0.15) is 0 Å². The Bertz CT molecular complexity index is 943. The Morgan fingerprint density at radius 2 is 1.03 bits per heavy atom. The van der Waals surface area contributed by atoms with Crippen molar-refractivity contribution in [2.75, 3.05) is 11.8 Å². The number of hydrogen-bond acceptors (Lipinski definition) is 2. The highest BCUT2D eigenvalue weighted by molar-refractivity contribution is 6.18. The molecule has 0 aliphatic carbocycles. The summed E-state index contributed by atoms with van der Waals surface area (Å²) in [7, 11) is 0. The second kappa shape index (κ2) is 11.5. The Hall–Kier alpha value is -1.90. The zero-order valence-corrected chi connectivity index (χ0v) is 18.8. The van der Waals surface area contributed by atoms with Crippen LogP contribution in [-0.2, 0) is 0 Å². The van der Waals surface area contributed by atoms with Gasteiger partial charge in [-0.1, -0.05) is 49.2 Å².